The lowest BCUT2D eigenvalue weighted by Crippen LogP contribution is -2.28. The zero-order chi connectivity index (χ0) is 12.3. The Kier molecular flexibility index (Phi) is 4.15. The van der Waals surface area contributed by atoms with Crippen LogP contribution < -0.4 is 5.32 Å². The molecule has 0 unspecified atom stereocenters. The molecule has 7 heteroatoms. The highest BCUT2D eigenvalue weighted by molar-refractivity contribution is 9.10. The van der Waals surface area contributed by atoms with E-state index in [1.54, 1.807) is 0 Å². The molecule has 0 aliphatic carbocycles. The average molecular weight is 318 g/mol. The van der Waals surface area contributed by atoms with Crippen LogP contribution in [0.15, 0.2) is 4.60 Å². The molecular weight excluding hydrogens is 307 g/mol. The van der Waals surface area contributed by atoms with Gasteiger partial charge in [-0.15, -0.1) is 4.98 Å². The van der Waals surface area contributed by atoms with Gasteiger partial charge in [0, 0.05) is 35.2 Å². The molecule has 2 heterocycles. The average Bonchev–Trinajstić information content (AvgIpc) is 2.34. The van der Waals surface area contributed by atoms with Gasteiger partial charge in [-0.25, -0.2) is 4.98 Å². The first-order valence-electron chi connectivity index (χ1n) is 5.15. The van der Waals surface area contributed by atoms with Crippen LogP contribution in [-0.2, 0) is 4.74 Å². The van der Waals surface area contributed by atoms with E-state index in [9.17, 15) is 0 Å². The second-order valence-corrected chi connectivity index (χ2v) is 4.73. The molecule has 2 rings (SSSR count). The van der Waals surface area contributed by atoms with Gasteiger partial charge in [-0.2, -0.15) is 0 Å². The normalized spacial score (nSPS) is 16.5. The maximum absolute atomic E-state index is 6.88. The fourth-order valence-electron chi connectivity index (χ4n) is 1.58. The summed E-state index contributed by atoms with van der Waals surface area (Å²) >= 11 is 9.13. The molecule has 0 saturated carbocycles. The molecule has 1 aliphatic rings. The van der Waals surface area contributed by atoms with Crippen molar-refractivity contribution < 1.29 is 4.74 Å². The van der Waals surface area contributed by atoms with Crippen molar-refractivity contribution in [1.82, 2.24) is 9.97 Å². The number of ether oxygens (including phenoxy) is 1. The fourth-order valence-corrected chi connectivity index (χ4v) is 2.12. The highest BCUT2D eigenvalue weighted by Gasteiger charge is 2.18. The number of aromatic nitrogens is 2. The molecule has 0 atom stereocenters. The smallest absolute Gasteiger partial charge is 0.308 e. The minimum Gasteiger partial charge on any atom is -0.381 e. The van der Waals surface area contributed by atoms with Crippen molar-refractivity contribution in [3.05, 3.63) is 21.2 Å². The number of halogens is 2. The van der Waals surface area contributed by atoms with Crippen LogP contribution in [0.1, 0.15) is 12.8 Å². The first kappa shape index (κ1) is 12.6. The molecule has 17 heavy (non-hydrogen) atoms. The second-order valence-electron chi connectivity index (χ2n) is 3.62. The van der Waals surface area contributed by atoms with Gasteiger partial charge in [0.25, 0.3) is 0 Å². The third kappa shape index (κ3) is 3.06. The van der Waals surface area contributed by atoms with Gasteiger partial charge in [0.15, 0.2) is 11.0 Å². The minimum atomic E-state index is 0.107. The highest BCUT2D eigenvalue weighted by atomic mass is 79.9. The molecule has 0 amide bonds. The van der Waals surface area contributed by atoms with E-state index < -0.39 is 0 Å². The topological polar surface area (TPSA) is 51.4 Å². The Hall–Kier alpha value is -0.900. The lowest BCUT2D eigenvalue weighted by Gasteiger charge is -2.23. The Morgan fingerprint density at radius 2 is 2.12 bits per heavy atom. The third-order valence-corrected chi connectivity index (χ3v) is 3.27. The Labute approximate surface area is 112 Å². The van der Waals surface area contributed by atoms with Gasteiger partial charge in [-0.3, -0.25) is 0 Å². The van der Waals surface area contributed by atoms with Crippen LogP contribution in [0.2, 0.25) is 5.15 Å². The van der Waals surface area contributed by atoms with Crippen LogP contribution in [-0.4, -0.2) is 29.2 Å². The number of nitrogens with one attached hydrogen (secondary N) is 1. The van der Waals surface area contributed by atoms with Crippen LogP contribution in [0.5, 0.6) is 0 Å². The minimum absolute atomic E-state index is 0.107. The standard InChI is InChI=1S/C10H10BrClN4O/c1-13-10-8(12)16-9(7(11)15-10)14-6-2-4-17-5-3-6/h6H,2-5H2,(H,14,16). The molecule has 0 radical (unpaired) electrons. The predicted octanol–water partition coefficient (Wildman–Crippen LogP) is 3.03. The summed E-state index contributed by atoms with van der Waals surface area (Å²) in [4.78, 5) is 11.3. The molecular formula is C10H10BrClN4O. The van der Waals surface area contributed by atoms with E-state index in [-0.39, 0.29) is 11.0 Å². The van der Waals surface area contributed by atoms with Crippen molar-refractivity contribution in [2.45, 2.75) is 18.9 Å². The van der Waals surface area contributed by atoms with E-state index in [0.29, 0.717) is 16.5 Å². The Morgan fingerprint density at radius 3 is 2.76 bits per heavy atom. The summed E-state index contributed by atoms with van der Waals surface area (Å²) in [5.41, 5.74) is 0. The van der Waals surface area contributed by atoms with E-state index in [1.165, 1.54) is 0 Å². The van der Waals surface area contributed by atoms with Gasteiger partial charge in [0.1, 0.15) is 0 Å². The maximum Gasteiger partial charge on any atom is 0.308 e. The van der Waals surface area contributed by atoms with Gasteiger partial charge in [0.2, 0.25) is 4.60 Å². The van der Waals surface area contributed by atoms with E-state index in [0.717, 1.165) is 26.1 Å². The number of hydrogen-bond donors (Lipinski definition) is 1. The van der Waals surface area contributed by atoms with Gasteiger partial charge in [0.05, 0.1) is 0 Å². The molecule has 0 spiro atoms. The fraction of sp³-hybridized carbons (Fsp3) is 0.500. The van der Waals surface area contributed by atoms with E-state index in [2.05, 4.69) is 36.1 Å². The SMILES string of the molecule is [C-]#[N+]c1nc(Br)c(NC2CCOCC2)nc1Cl. The molecule has 90 valence electrons. The lowest BCUT2D eigenvalue weighted by atomic mass is 10.1. The molecule has 0 aromatic carbocycles. The number of rotatable bonds is 2. The van der Waals surface area contributed by atoms with Gasteiger partial charge in [-0.05, 0) is 12.8 Å². The van der Waals surface area contributed by atoms with Crippen LogP contribution in [0, 0.1) is 6.57 Å². The largest absolute Gasteiger partial charge is 0.381 e. The van der Waals surface area contributed by atoms with Crippen LogP contribution in [0.3, 0.4) is 0 Å². The van der Waals surface area contributed by atoms with E-state index in [1.807, 2.05) is 0 Å². The van der Waals surface area contributed by atoms with Crippen molar-refractivity contribution >= 4 is 39.2 Å². The van der Waals surface area contributed by atoms with Crippen molar-refractivity contribution in [2.75, 3.05) is 18.5 Å². The zero-order valence-electron chi connectivity index (χ0n) is 8.91. The van der Waals surface area contributed by atoms with Crippen LogP contribution in [0.25, 0.3) is 4.85 Å². The third-order valence-electron chi connectivity index (χ3n) is 2.46. The zero-order valence-corrected chi connectivity index (χ0v) is 11.3. The molecule has 1 fully saturated rings. The molecule has 5 nitrogen and oxygen atoms in total. The maximum atomic E-state index is 6.88. The summed E-state index contributed by atoms with van der Waals surface area (Å²) in [5.74, 6) is 0.686. The summed E-state index contributed by atoms with van der Waals surface area (Å²) in [6.07, 6.45) is 1.85. The van der Waals surface area contributed by atoms with Crippen molar-refractivity contribution in [3.63, 3.8) is 0 Å². The Morgan fingerprint density at radius 1 is 1.41 bits per heavy atom. The molecule has 1 saturated heterocycles. The van der Waals surface area contributed by atoms with E-state index in [4.69, 9.17) is 22.9 Å². The second kappa shape index (κ2) is 5.63. The molecule has 1 N–H and O–H groups in total. The Bertz CT molecular complexity index is 456. The number of hydrogen-bond acceptors (Lipinski definition) is 4. The number of nitrogens with zero attached hydrogens (tertiary/aromatic N) is 3. The van der Waals surface area contributed by atoms with Crippen molar-refractivity contribution in [1.29, 1.82) is 0 Å². The monoisotopic (exact) mass is 316 g/mol. The summed E-state index contributed by atoms with van der Waals surface area (Å²) in [7, 11) is 0. The van der Waals surface area contributed by atoms with Crippen molar-refractivity contribution in [2.24, 2.45) is 0 Å². The van der Waals surface area contributed by atoms with Gasteiger partial charge in [-0.1, -0.05) is 18.2 Å². The highest BCUT2D eigenvalue weighted by Crippen LogP contribution is 2.28. The van der Waals surface area contributed by atoms with Crippen LogP contribution in [0.4, 0.5) is 11.6 Å². The van der Waals surface area contributed by atoms with Gasteiger partial charge < -0.3 is 14.9 Å². The summed E-state index contributed by atoms with van der Waals surface area (Å²) in [6, 6.07) is 0.309. The number of anilines is 1. The predicted molar refractivity (Wildman–Crippen MR) is 68.5 cm³/mol. The molecule has 1 aromatic heterocycles. The van der Waals surface area contributed by atoms with E-state index >= 15 is 0 Å². The summed E-state index contributed by atoms with van der Waals surface area (Å²) in [6.45, 7) is 8.38. The van der Waals surface area contributed by atoms with Crippen molar-refractivity contribution in [3.8, 4) is 0 Å². The summed E-state index contributed by atoms with van der Waals surface area (Å²) in [5, 5.41) is 3.38. The molecule has 1 aromatic rings. The quantitative estimate of drug-likeness (QED) is 0.852. The first-order valence-corrected chi connectivity index (χ1v) is 6.32. The summed E-state index contributed by atoms with van der Waals surface area (Å²) < 4.78 is 5.79. The molecule has 0 bridgehead atoms. The molecule has 1 aliphatic heterocycles. The van der Waals surface area contributed by atoms with Gasteiger partial charge >= 0.3 is 5.82 Å². The lowest BCUT2D eigenvalue weighted by molar-refractivity contribution is 0.0903. The van der Waals surface area contributed by atoms with Crippen LogP contribution >= 0.6 is 27.5 Å². The Balaban J connectivity index is 2.15. The first-order chi connectivity index (χ1) is 8.20.